The van der Waals surface area contributed by atoms with E-state index in [1.54, 1.807) is 0 Å². The standard InChI is InChI=1S/C13H14F3NO2/c1-9(18)3-2-4-12(19)17-11-7-5-10(6-8-11)13(14,15)16/h5-8H,2-4H2,1H3,(H,17,19). The summed E-state index contributed by atoms with van der Waals surface area (Å²) in [4.78, 5) is 22.1. The topological polar surface area (TPSA) is 46.2 Å². The van der Waals surface area contributed by atoms with Gasteiger partial charge in [-0.3, -0.25) is 4.79 Å². The molecular weight excluding hydrogens is 259 g/mol. The number of alkyl halides is 3. The van der Waals surface area contributed by atoms with Crippen molar-refractivity contribution < 1.29 is 22.8 Å². The molecule has 0 aliphatic heterocycles. The van der Waals surface area contributed by atoms with Crippen molar-refractivity contribution in [1.82, 2.24) is 0 Å². The van der Waals surface area contributed by atoms with Crippen molar-refractivity contribution in [1.29, 1.82) is 0 Å². The van der Waals surface area contributed by atoms with Crippen LogP contribution in [0, 0.1) is 0 Å². The Morgan fingerprint density at radius 3 is 2.16 bits per heavy atom. The zero-order valence-electron chi connectivity index (χ0n) is 10.4. The summed E-state index contributed by atoms with van der Waals surface area (Å²) in [6, 6.07) is 4.22. The molecule has 104 valence electrons. The van der Waals surface area contributed by atoms with Gasteiger partial charge in [0.25, 0.3) is 0 Å². The van der Waals surface area contributed by atoms with Crippen LogP contribution in [0.3, 0.4) is 0 Å². The lowest BCUT2D eigenvalue weighted by atomic mass is 10.1. The van der Waals surface area contributed by atoms with Gasteiger partial charge in [-0.25, -0.2) is 0 Å². The first-order chi connectivity index (χ1) is 8.79. The zero-order valence-corrected chi connectivity index (χ0v) is 10.4. The van der Waals surface area contributed by atoms with E-state index in [9.17, 15) is 22.8 Å². The Bertz CT molecular complexity index is 452. The number of amides is 1. The van der Waals surface area contributed by atoms with Crippen molar-refractivity contribution in [2.24, 2.45) is 0 Å². The molecule has 1 N–H and O–H groups in total. The molecule has 0 spiro atoms. The summed E-state index contributed by atoms with van der Waals surface area (Å²) >= 11 is 0. The minimum atomic E-state index is -4.38. The van der Waals surface area contributed by atoms with Crippen LogP contribution >= 0.6 is 0 Å². The molecule has 1 aromatic rings. The smallest absolute Gasteiger partial charge is 0.326 e. The largest absolute Gasteiger partial charge is 0.416 e. The fourth-order valence-corrected chi connectivity index (χ4v) is 1.46. The fourth-order valence-electron chi connectivity index (χ4n) is 1.46. The van der Waals surface area contributed by atoms with Gasteiger partial charge in [0.05, 0.1) is 5.56 Å². The molecule has 19 heavy (non-hydrogen) atoms. The quantitative estimate of drug-likeness (QED) is 0.893. The normalized spacial score (nSPS) is 11.2. The first-order valence-electron chi connectivity index (χ1n) is 5.75. The molecule has 0 heterocycles. The first kappa shape index (κ1) is 15.2. The fraction of sp³-hybridized carbons (Fsp3) is 0.385. The van der Waals surface area contributed by atoms with E-state index in [-0.39, 0.29) is 18.1 Å². The summed E-state index contributed by atoms with van der Waals surface area (Å²) in [7, 11) is 0. The Morgan fingerprint density at radius 1 is 1.11 bits per heavy atom. The number of rotatable bonds is 5. The molecule has 0 atom stereocenters. The van der Waals surface area contributed by atoms with Crippen LogP contribution in [-0.2, 0) is 15.8 Å². The van der Waals surface area contributed by atoms with Crippen molar-refractivity contribution in [3.63, 3.8) is 0 Å². The Morgan fingerprint density at radius 2 is 1.68 bits per heavy atom. The third-order valence-corrected chi connectivity index (χ3v) is 2.43. The average Bonchev–Trinajstić information content (AvgIpc) is 2.27. The van der Waals surface area contributed by atoms with E-state index in [2.05, 4.69) is 5.32 Å². The van der Waals surface area contributed by atoms with Gasteiger partial charge in [-0.05, 0) is 37.6 Å². The third kappa shape index (κ3) is 5.54. The van der Waals surface area contributed by atoms with Crippen molar-refractivity contribution in [3.05, 3.63) is 29.8 Å². The third-order valence-electron chi connectivity index (χ3n) is 2.43. The number of hydrogen-bond acceptors (Lipinski definition) is 2. The summed E-state index contributed by atoms with van der Waals surface area (Å²) in [5, 5.41) is 2.48. The molecule has 0 aliphatic rings. The molecule has 0 fully saturated rings. The van der Waals surface area contributed by atoms with E-state index in [0.717, 1.165) is 12.1 Å². The minimum absolute atomic E-state index is 0.00216. The summed E-state index contributed by atoms with van der Waals surface area (Å²) in [6.07, 6.45) is -3.47. The Kier molecular flexibility index (Phi) is 5.09. The number of ketones is 1. The maximum atomic E-state index is 12.3. The Hall–Kier alpha value is -1.85. The molecule has 0 saturated carbocycles. The second-order valence-electron chi connectivity index (χ2n) is 4.18. The molecule has 0 bridgehead atoms. The van der Waals surface area contributed by atoms with E-state index in [4.69, 9.17) is 0 Å². The van der Waals surface area contributed by atoms with Crippen molar-refractivity contribution in [2.45, 2.75) is 32.4 Å². The van der Waals surface area contributed by atoms with Crippen LogP contribution in [0.2, 0.25) is 0 Å². The number of carbonyl (C=O) groups is 2. The highest BCUT2D eigenvalue weighted by atomic mass is 19.4. The van der Waals surface area contributed by atoms with E-state index >= 15 is 0 Å². The van der Waals surface area contributed by atoms with Gasteiger partial charge < -0.3 is 10.1 Å². The number of carbonyl (C=O) groups excluding carboxylic acids is 2. The summed E-state index contributed by atoms with van der Waals surface area (Å²) in [6.45, 7) is 1.44. The SMILES string of the molecule is CC(=O)CCCC(=O)Nc1ccc(C(F)(F)F)cc1. The minimum Gasteiger partial charge on any atom is -0.326 e. The summed E-state index contributed by atoms with van der Waals surface area (Å²) in [5.74, 6) is -0.316. The molecule has 0 saturated heterocycles. The molecular formula is C13H14F3NO2. The van der Waals surface area contributed by atoms with Gasteiger partial charge in [0, 0.05) is 18.5 Å². The van der Waals surface area contributed by atoms with Gasteiger partial charge >= 0.3 is 6.18 Å². The Balaban J connectivity index is 2.49. The van der Waals surface area contributed by atoms with Gasteiger partial charge in [-0.2, -0.15) is 13.2 Å². The van der Waals surface area contributed by atoms with Gasteiger partial charge in [-0.15, -0.1) is 0 Å². The predicted molar refractivity (Wildman–Crippen MR) is 64.6 cm³/mol. The van der Waals surface area contributed by atoms with Crippen LogP contribution in [-0.4, -0.2) is 11.7 Å². The molecule has 1 aromatic carbocycles. The van der Waals surface area contributed by atoms with Crippen molar-refractivity contribution >= 4 is 17.4 Å². The van der Waals surface area contributed by atoms with Crippen LogP contribution in [0.25, 0.3) is 0 Å². The van der Waals surface area contributed by atoms with Gasteiger partial charge in [0.1, 0.15) is 5.78 Å². The summed E-state index contributed by atoms with van der Waals surface area (Å²) in [5.41, 5.74) is -0.456. The molecule has 0 aliphatic carbocycles. The highest BCUT2D eigenvalue weighted by Crippen LogP contribution is 2.29. The molecule has 0 aromatic heterocycles. The van der Waals surface area contributed by atoms with Crippen LogP contribution in [0.1, 0.15) is 31.7 Å². The number of anilines is 1. The molecule has 3 nitrogen and oxygen atoms in total. The zero-order chi connectivity index (χ0) is 14.5. The van der Waals surface area contributed by atoms with E-state index < -0.39 is 11.7 Å². The van der Waals surface area contributed by atoms with E-state index in [0.29, 0.717) is 18.5 Å². The van der Waals surface area contributed by atoms with Crippen LogP contribution < -0.4 is 5.32 Å². The second kappa shape index (κ2) is 6.36. The second-order valence-corrected chi connectivity index (χ2v) is 4.18. The number of hydrogen-bond donors (Lipinski definition) is 1. The number of Topliss-reactive ketones (excluding diaryl/α,β-unsaturated/α-hetero) is 1. The maximum absolute atomic E-state index is 12.3. The molecule has 0 radical (unpaired) electrons. The van der Waals surface area contributed by atoms with E-state index in [1.165, 1.54) is 19.1 Å². The van der Waals surface area contributed by atoms with Gasteiger partial charge in [0.15, 0.2) is 0 Å². The summed E-state index contributed by atoms with van der Waals surface area (Å²) < 4.78 is 36.9. The molecule has 6 heteroatoms. The molecule has 1 rings (SSSR count). The van der Waals surface area contributed by atoms with Gasteiger partial charge in [0.2, 0.25) is 5.91 Å². The van der Waals surface area contributed by atoms with Crippen LogP contribution in [0.5, 0.6) is 0 Å². The monoisotopic (exact) mass is 273 g/mol. The lowest BCUT2D eigenvalue weighted by Gasteiger charge is -2.08. The average molecular weight is 273 g/mol. The maximum Gasteiger partial charge on any atom is 0.416 e. The predicted octanol–water partition coefficient (Wildman–Crippen LogP) is 3.40. The number of nitrogens with one attached hydrogen (secondary N) is 1. The Labute approximate surface area is 108 Å². The lowest BCUT2D eigenvalue weighted by Crippen LogP contribution is -2.12. The number of halogens is 3. The highest BCUT2D eigenvalue weighted by Gasteiger charge is 2.29. The number of benzene rings is 1. The van der Waals surface area contributed by atoms with Crippen molar-refractivity contribution in [3.8, 4) is 0 Å². The van der Waals surface area contributed by atoms with Crippen molar-refractivity contribution in [2.75, 3.05) is 5.32 Å². The first-order valence-corrected chi connectivity index (χ1v) is 5.75. The molecule has 0 unspecified atom stereocenters. The van der Waals surface area contributed by atoms with Crippen LogP contribution in [0.15, 0.2) is 24.3 Å². The van der Waals surface area contributed by atoms with Gasteiger partial charge in [-0.1, -0.05) is 0 Å². The van der Waals surface area contributed by atoms with Crippen LogP contribution in [0.4, 0.5) is 18.9 Å². The lowest BCUT2D eigenvalue weighted by molar-refractivity contribution is -0.137. The molecule has 1 amide bonds. The van der Waals surface area contributed by atoms with E-state index in [1.807, 2.05) is 0 Å². The highest BCUT2D eigenvalue weighted by molar-refractivity contribution is 5.91.